The third kappa shape index (κ3) is 2.60. The molecule has 0 saturated heterocycles. The summed E-state index contributed by atoms with van der Waals surface area (Å²) in [6.45, 7) is 0.339. The number of halogens is 2. The molecule has 1 aromatic carbocycles. The fraction of sp³-hybridized carbons (Fsp3) is 0.0909. The molecule has 0 fully saturated rings. The van der Waals surface area contributed by atoms with Crippen molar-refractivity contribution in [2.45, 2.75) is 6.54 Å². The molecule has 6 heteroatoms. The number of benzene rings is 1. The van der Waals surface area contributed by atoms with Gasteiger partial charge in [0, 0.05) is 6.20 Å². The van der Waals surface area contributed by atoms with Crippen molar-refractivity contribution in [3.8, 4) is 0 Å². The highest BCUT2D eigenvalue weighted by atomic mass is 35.5. The van der Waals surface area contributed by atoms with E-state index in [2.05, 4.69) is 5.10 Å². The van der Waals surface area contributed by atoms with Crippen molar-refractivity contribution in [2.75, 3.05) is 0 Å². The molecule has 2 aromatic rings. The van der Waals surface area contributed by atoms with E-state index >= 15 is 0 Å². The van der Waals surface area contributed by atoms with Crippen LogP contribution in [-0.2, 0) is 6.54 Å². The number of aromatic carboxylic acids is 1. The van der Waals surface area contributed by atoms with E-state index in [0.717, 1.165) is 5.56 Å². The van der Waals surface area contributed by atoms with E-state index in [1.807, 2.05) is 0 Å². The van der Waals surface area contributed by atoms with Crippen LogP contribution in [0.3, 0.4) is 0 Å². The van der Waals surface area contributed by atoms with E-state index in [0.29, 0.717) is 16.6 Å². The van der Waals surface area contributed by atoms with Crippen molar-refractivity contribution < 1.29 is 9.90 Å². The highest BCUT2D eigenvalue weighted by molar-refractivity contribution is 6.42. The molecular formula is C11H8Cl2N2O2. The van der Waals surface area contributed by atoms with Crippen molar-refractivity contribution in [2.24, 2.45) is 0 Å². The maximum atomic E-state index is 10.9. The third-order valence-corrected chi connectivity index (χ3v) is 2.99. The van der Waals surface area contributed by atoms with Crippen molar-refractivity contribution in [1.82, 2.24) is 9.78 Å². The molecule has 4 nitrogen and oxygen atoms in total. The van der Waals surface area contributed by atoms with Crippen LogP contribution in [0, 0.1) is 0 Å². The summed E-state index contributed by atoms with van der Waals surface area (Å²) in [5.41, 5.74) is 0.974. The highest BCUT2D eigenvalue weighted by Gasteiger charge is 2.10. The molecule has 1 aromatic heterocycles. The molecule has 17 heavy (non-hydrogen) atoms. The van der Waals surface area contributed by atoms with Crippen LogP contribution < -0.4 is 0 Å². The number of aromatic nitrogens is 2. The molecule has 0 amide bonds. The lowest BCUT2D eigenvalue weighted by atomic mass is 10.2. The average molecular weight is 271 g/mol. The normalized spacial score (nSPS) is 10.5. The second-order valence-corrected chi connectivity index (χ2v) is 4.24. The monoisotopic (exact) mass is 270 g/mol. The molecule has 0 saturated carbocycles. The van der Waals surface area contributed by atoms with Gasteiger partial charge in [0.15, 0.2) is 0 Å². The summed E-state index contributed by atoms with van der Waals surface area (Å²) in [6.07, 6.45) is 1.45. The highest BCUT2D eigenvalue weighted by Crippen LogP contribution is 2.23. The van der Waals surface area contributed by atoms with Crippen LogP contribution in [0.1, 0.15) is 16.1 Å². The van der Waals surface area contributed by atoms with Crippen LogP contribution in [0.5, 0.6) is 0 Å². The van der Waals surface area contributed by atoms with Gasteiger partial charge in [0.25, 0.3) is 0 Å². The number of carbonyl (C=O) groups is 1. The largest absolute Gasteiger partial charge is 0.477 e. The predicted octanol–water partition coefficient (Wildman–Crippen LogP) is 2.94. The van der Waals surface area contributed by atoms with Crippen LogP contribution in [0.25, 0.3) is 0 Å². The quantitative estimate of drug-likeness (QED) is 0.933. The fourth-order valence-electron chi connectivity index (χ4n) is 1.45. The van der Waals surface area contributed by atoms with E-state index in [4.69, 9.17) is 28.3 Å². The van der Waals surface area contributed by atoms with Gasteiger partial charge >= 0.3 is 5.97 Å². The number of rotatable bonds is 3. The number of hydrogen-bond acceptors (Lipinski definition) is 2. The first-order chi connectivity index (χ1) is 8.08. The second kappa shape index (κ2) is 4.77. The zero-order chi connectivity index (χ0) is 12.4. The minimum atomic E-state index is -1.01. The summed E-state index contributed by atoms with van der Waals surface area (Å²) >= 11 is 11.7. The van der Waals surface area contributed by atoms with Gasteiger partial charge in [-0.1, -0.05) is 29.3 Å². The smallest absolute Gasteiger partial charge is 0.354 e. The zero-order valence-electron chi connectivity index (χ0n) is 8.60. The second-order valence-electron chi connectivity index (χ2n) is 3.43. The molecule has 88 valence electrons. The van der Waals surface area contributed by atoms with E-state index in [1.54, 1.807) is 18.2 Å². The molecule has 0 spiro atoms. The Kier molecular flexibility index (Phi) is 3.36. The van der Waals surface area contributed by atoms with Crippen LogP contribution >= 0.6 is 23.2 Å². The van der Waals surface area contributed by atoms with Gasteiger partial charge in [0.05, 0.1) is 16.6 Å². The van der Waals surface area contributed by atoms with Crippen LogP contribution in [0.2, 0.25) is 10.0 Å². The van der Waals surface area contributed by atoms with Gasteiger partial charge in [0.2, 0.25) is 0 Å². The molecule has 1 heterocycles. The Morgan fingerprint density at radius 2 is 2.06 bits per heavy atom. The Labute approximate surface area is 107 Å². The lowest BCUT2D eigenvalue weighted by Gasteiger charge is -2.05. The molecule has 0 radical (unpaired) electrons. The van der Waals surface area contributed by atoms with Gasteiger partial charge in [-0.2, -0.15) is 5.10 Å². The Bertz CT molecular complexity index is 566. The van der Waals surface area contributed by atoms with E-state index in [9.17, 15) is 4.79 Å². The topological polar surface area (TPSA) is 55.1 Å². The predicted molar refractivity (Wildman–Crippen MR) is 64.8 cm³/mol. The molecule has 0 aliphatic heterocycles. The van der Waals surface area contributed by atoms with Gasteiger partial charge in [0.1, 0.15) is 5.69 Å². The summed E-state index contributed by atoms with van der Waals surface area (Å²) in [5.74, 6) is -1.01. The zero-order valence-corrected chi connectivity index (χ0v) is 10.1. The molecule has 0 aliphatic rings. The fourth-order valence-corrected chi connectivity index (χ4v) is 1.77. The first kappa shape index (κ1) is 12.0. The molecule has 0 bridgehead atoms. The maximum Gasteiger partial charge on any atom is 0.354 e. The maximum absolute atomic E-state index is 10.9. The van der Waals surface area contributed by atoms with Gasteiger partial charge in [-0.15, -0.1) is 0 Å². The van der Waals surface area contributed by atoms with Crippen molar-refractivity contribution in [3.63, 3.8) is 0 Å². The summed E-state index contributed by atoms with van der Waals surface area (Å²) in [4.78, 5) is 10.9. The molecule has 0 atom stereocenters. The summed E-state index contributed by atoms with van der Waals surface area (Å²) in [6, 6.07) is 6.59. The number of carboxylic acid groups (broad SMARTS) is 1. The molecule has 1 N–H and O–H groups in total. The Morgan fingerprint density at radius 3 is 2.71 bits per heavy atom. The Hall–Kier alpha value is -1.52. The summed E-state index contributed by atoms with van der Waals surface area (Å²) < 4.78 is 1.39. The van der Waals surface area contributed by atoms with Crippen molar-refractivity contribution in [3.05, 3.63) is 51.8 Å². The lowest BCUT2D eigenvalue weighted by Crippen LogP contribution is -2.10. The van der Waals surface area contributed by atoms with Crippen molar-refractivity contribution >= 4 is 29.2 Å². The van der Waals surface area contributed by atoms with Crippen molar-refractivity contribution in [1.29, 1.82) is 0 Å². The van der Waals surface area contributed by atoms with Crippen LogP contribution in [0.4, 0.5) is 0 Å². The Morgan fingerprint density at radius 1 is 1.29 bits per heavy atom. The van der Waals surface area contributed by atoms with E-state index in [-0.39, 0.29) is 5.69 Å². The summed E-state index contributed by atoms with van der Waals surface area (Å²) in [7, 11) is 0. The minimum absolute atomic E-state index is 0.135. The van der Waals surface area contributed by atoms with Gasteiger partial charge < -0.3 is 5.11 Å². The van der Waals surface area contributed by atoms with Gasteiger partial charge in [-0.05, 0) is 23.8 Å². The van der Waals surface area contributed by atoms with E-state index in [1.165, 1.54) is 16.9 Å². The Balaban J connectivity index is 2.28. The van der Waals surface area contributed by atoms with E-state index < -0.39 is 5.97 Å². The minimum Gasteiger partial charge on any atom is -0.477 e. The SMILES string of the molecule is O=C(O)c1ccnn1Cc1ccc(Cl)c(Cl)c1. The molecule has 0 aliphatic carbocycles. The third-order valence-electron chi connectivity index (χ3n) is 2.25. The standard InChI is InChI=1S/C11H8Cl2N2O2/c12-8-2-1-7(5-9(8)13)6-15-10(11(16)17)3-4-14-15/h1-5H,6H2,(H,16,17). The van der Waals surface area contributed by atoms with Gasteiger partial charge in [-0.25, -0.2) is 4.79 Å². The number of hydrogen-bond donors (Lipinski definition) is 1. The molecule has 0 unspecified atom stereocenters. The number of nitrogens with zero attached hydrogens (tertiary/aromatic N) is 2. The first-order valence-corrected chi connectivity index (χ1v) is 5.52. The first-order valence-electron chi connectivity index (χ1n) is 4.77. The molecular weight excluding hydrogens is 263 g/mol. The summed E-state index contributed by atoms with van der Waals surface area (Å²) in [5, 5.41) is 13.8. The number of carboxylic acids is 1. The lowest BCUT2D eigenvalue weighted by molar-refractivity contribution is 0.0684. The average Bonchev–Trinajstić information content (AvgIpc) is 2.72. The molecule has 2 rings (SSSR count). The van der Waals surface area contributed by atoms with Gasteiger partial charge in [-0.3, -0.25) is 4.68 Å². The van der Waals surface area contributed by atoms with Crippen LogP contribution in [-0.4, -0.2) is 20.9 Å². The van der Waals surface area contributed by atoms with Crippen LogP contribution in [0.15, 0.2) is 30.5 Å².